The molecule has 1 amide bonds. The van der Waals surface area contributed by atoms with Gasteiger partial charge in [-0.05, 0) is 5.92 Å². The van der Waals surface area contributed by atoms with Crippen LogP contribution in [0, 0.1) is 5.92 Å². The SMILES string of the molecule is CC(C)CNC(=O)CCNc1nc(N)ns1. The van der Waals surface area contributed by atoms with Crippen molar-refractivity contribution in [2.24, 2.45) is 5.92 Å². The van der Waals surface area contributed by atoms with Gasteiger partial charge in [-0.15, -0.1) is 0 Å². The summed E-state index contributed by atoms with van der Waals surface area (Å²) in [7, 11) is 0. The van der Waals surface area contributed by atoms with E-state index in [9.17, 15) is 4.79 Å². The van der Waals surface area contributed by atoms with Gasteiger partial charge < -0.3 is 16.4 Å². The van der Waals surface area contributed by atoms with E-state index < -0.39 is 0 Å². The summed E-state index contributed by atoms with van der Waals surface area (Å²) < 4.78 is 3.82. The van der Waals surface area contributed by atoms with Crippen molar-refractivity contribution in [1.82, 2.24) is 14.7 Å². The van der Waals surface area contributed by atoms with E-state index in [2.05, 4.69) is 33.8 Å². The van der Waals surface area contributed by atoms with Gasteiger partial charge in [0.15, 0.2) is 0 Å². The van der Waals surface area contributed by atoms with Crippen molar-refractivity contribution in [3.8, 4) is 0 Å². The highest BCUT2D eigenvalue weighted by atomic mass is 32.1. The highest BCUT2D eigenvalue weighted by molar-refractivity contribution is 7.09. The Hall–Kier alpha value is -1.37. The van der Waals surface area contributed by atoms with Gasteiger partial charge in [-0.2, -0.15) is 9.36 Å². The number of nitrogens with two attached hydrogens (primary N) is 1. The zero-order valence-electron chi connectivity index (χ0n) is 9.49. The van der Waals surface area contributed by atoms with Crippen molar-refractivity contribution in [3.05, 3.63) is 0 Å². The van der Waals surface area contributed by atoms with Gasteiger partial charge in [-0.25, -0.2) is 0 Å². The average molecular weight is 243 g/mol. The first-order chi connectivity index (χ1) is 7.58. The van der Waals surface area contributed by atoms with E-state index in [0.717, 1.165) is 0 Å². The molecule has 0 saturated carbocycles. The van der Waals surface area contributed by atoms with Crippen LogP contribution in [0.5, 0.6) is 0 Å². The molecule has 0 aliphatic carbocycles. The molecule has 0 aliphatic rings. The molecule has 1 aromatic rings. The molecule has 0 unspecified atom stereocenters. The molecule has 7 heteroatoms. The zero-order chi connectivity index (χ0) is 12.0. The first-order valence-electron chi connectivity index (χ1n) is 5.17. The van der Waals surface area contributed by atoms with Gasteiger partial charge in [0.05, 0.1) is 0 Å². The number of anilines is 2. The van der Waals surface area contributed by atoms with Gasteiger partial charge in [-0.3, -0.25) is 4.79 Å². The predicted molar refractivity (Wildman–Crippen MR) is 65.3 cm³/mol. The predicted octanol–water partition coefficient (Wildman–Crippen LogP) is 0.695. The van der Waals surface area contributed by atoms with E-state index in [1.54, 1.807) is 0 Å². The number of aromatic nitrogens is 2. The lowest BCUT2D eigenvalue weighted by Gasteiger charge is -2.07. The van der Waals surface area contributed by atoms with Crippen LogP contribution in [0.4, 0.5) is 11.1 Å². The number of carbonyl (C=O) groups excluding carboxylic acids is 1. The highest BCUT2D eigenvalue weighted by Gasteiger charge is 2.03. The van der Waals surface area contributed by atoms with Crippen LogP contribution in [0.15, 0.2) is 0 Å². The topological polar surface area (TPSA) is 92.9 Å². The molecular weight excluding hydrogens is 226 g/mol. The molecule has 1 heterocycles. The third-order valence-electron chi connectivity index (χ3n) is 1.78. The first kappa shape index (κ1) is 12.7. The second-order valence-electron chi connectivity index (χ2n) is 3.83. The summed E-state index contributed by atoms with van der Waals surface area (Å²) in [5.74, 6) is 0.773. The number of rotatable bonds is 6. The van der Waals surface area contributed by atoms with Gasteiger partial charge in [-0.1, -0.05) is 13.8 Å². The Kier molecular flexibility index (Phi) is 4.97. The summed E-state index contributed by atoms with van der Waals surface area (Å²) in [4.78, 5) is 15.3. The standard InChI is InChI=1S/C9H17N5OS/c1-6(2)5-12-7(15)3-4-11-9-13-8(10)14-16-9/h6H,3-5H2,1-2H3,(H,12,15)(H3,10,11,13,14). The van der Waals surface area contributed by atoms with E-state index in [1.807, 2.05) is 0 Å². The summed E-state index contributed by atoms with van der Waals surface area (Å²) in [5, 5.41) is 6.47. The summed E-state index contributed by atoms with van der Waals surface area (Å²) in [5.41, 5.74) is 5.36. The zero-order valence-corrected chi connectivity index (χ0v) is 10.3. The normalized spacial score (nSPS) is 10.4. The number of amides is 1. The molecule has 90 valence electrons. The van der Waals surface area contributed by atoms with E-state index in [-0.39, 0.29) is 11.9 Å². The van der Waals surface area contributed by atoms with Crippen LogP contribution in [-0.2, 0) is 4.79 Å². The van der Waals surface area contributed by atoms with Crippen molar-refractivity contribution >= 4 is 28.5 Å². The second-order valence-corrected chi connectivity index (χ2v) is 4.58. The van der Waals surface area contributed by atoms with Crippen LogP contribution < -0.4 is 16.4 Å². The number of hydrogen-bond acceptors (Lipinski definition) is 6. The second kappa shape index (κ2) is 6.26. The fourth-order valence-corrected chi connectivity index (χ4v) is 1.52. The minimum atomic E-state index is 0.0405. The van der Waals surface area contributed by atoms with Crippen molar-refractivity contribution in [1.29, 1.82) is 0 Å². The summed E-state index contributed by atoms with van der Waals surface area (Å²) >= 11 is 1.19. The Morgan fingerprint density at radius 1 is 1.56 bits per heavy atom. The number of nitrogens with zero attached hydrogens (tertiary/aromatic N) is 2. The lowest BCUT2D eigenvalue weighted by atomic mass is 10.2. The van der Waals surface area contributed by atoms with Crippen LogP contribution in [0.2, 0.25) is 0 Å². The Labute approximate surface area is 98.8 Å². The molecule has 0 radical (unpaired) electrons. The van der Waals surface area contributed by atoms with E-state index in [1.165, 1.54) is 11.5 Å². The van der Waals surface area contributed by atoms with Gasteiger partial charge in [0.2, 0.25) is 17.0 Å². The smallest absolute Gasteiger partial charge is 0.233 e. The van der Waals surface area contributed by atoms with Gasteiger partial charge in [0.25, 0.3) is 0 Å². The van der Waals surface area contributed by atoms with E-state index in [4.69, 9.17) is 5.73 Å². The third kappa shape index (κ3) is 4.92. The van der Waals surface area contributed by atoms with Crippen LogP contribution in [0.3, 0.4) is 0 Å². The summed E-state index contributed by atoms with van der Waals surface area (Å²) in [6, 6.07) is 0. The lowest BCUT2D eigenvalue weighted by Crippen LogP contribution is -2.28. The first-order valence-corrected chi connectivity index (χ1v) is 5.95. The average Bonchev–Trinajstić information content (AvgIpc) is 2.61. The molecule has 0 aromatic carbocycles. The molecule has 1 aromatic heterocycles. The highest BCUT2D eigenvalue weighted by Crippen LogP contribution is 2.11. The minimum absolute atomic E-state index is 0.0405. The number of carbonyl (C=O) groups is 1. The largest absolute Gasteiger partial charge is 0.367 e. The molecule has 0 fully saturated rings. The Bertz CT molecular complexity index is 338. The molecular formula is C9H17N5OS. The van der Waals surface area contributed by atoms with Gasteiger partial charge in [0, 0.05) is 31.0 Å². The van der Waals surface area contributed by atoms with Gasteiger partial charge >= 0.3 is 0 Å². The molecule has 0 aliphatic heterocycles. The molecule has 6 nitrogen and oxygen atoms in total. The number of nitrogen functional groups attached to an aromatic ring is 1. The maximum Gasteiger partial charge on any atom is 0.233 e. The third-order valence-corrected chi connectivity index (χ3v) is 2.46. The van der Waals surface area contributed by atoms with Crippen molar-refractivity contribution in [2.45, 2.75) is 20.3 Å². The Balaban J connectivity index is 2.13. The maximum absolute atomic E-state index is 11.3. The molecule has 0 bridgehead atoms. The van der Waals surface area contributed by atoms with Crippen molar-refractivity contribution in [3.63, 3.8) is 0 Å². The van der Waals surface area contributed by atoms with Crippen LogP contribution in [-0.4, -0.2) is 28.4 Å². The molecule has 0 spiro atoms. The maximum atomic E-state index is 11.3. The quantitative estimate of drug-likeness (QED) is 0.683. The van der Waals surface area contributed by atoms with Crippen LogP contribution in [0.25, 0.3) is 0 Å². The number of nitrogens with one attached hydrogen (secondary N) is 2. The fraction of sp³-hybridized carbons (Fsp3) is 0.667. The fourth-order valence-electron chi connectivity index (χ4n) is 0.996. The monoisotopic (exact) mass is 243 g/mol. The van der Waals surface area contributed by atoms with Crippen molar-refractivity contribution in [2.75, 3.05) is 24.1 Å². The minimum Gasteiger partial charge on any atom is -0.367 e. The molecule has 0 saturated heterocycles. The Morgan fingerprint density at radius 3 is 2.88 bits per heavy atom. The van der Waals surface area contributed by atoms with E-state index >= 15 is 0 Å². The Morgan fingerprint density at radius 2 is 2.31 bits per heavy atom. The lowest BCUT2D eigenvalue weighted by molar-refractivity contribution is -0.120. The van der Waals surface area contributed by atoms with Crippen LogP contribution >= 0.6 is 11.5 Å². The molecule has 1 rings (SSSR count). The van der Waals surface area contributed by atoms with Crippen molar-refractivity contribution < 1.29 is 4.79 Å². The summed E-state index contributed by atoms with van der Waals surface area (Å²) in [6.45, 7) is 5.37. The molecule has 16 heavy (non-hydrogen) atoms. The van der Waals surface area contributed by atoms with Crippen LogP contribution in [0.1, 0.15) is 20.3 Å². The van der Waals surface area contributed by atoms with E-state index in [0.29, 0.717) is 30.6 Å². The van der Waals surface area contributed by atoms with Gasteiger partial charge in [0.1, 0.15) is 0 Å². The molecule has 4 N–H and O–H groups in total. The summed E-state index contributed by atoms with van der Waals surface area (Å²) in [6.07, 6.45) is 0.423. The number of hydrogen-bond donors (Lipinski definition) is 3. The molecule has 0 atom stereocenters.